The van der Waals surface area contributed by atoms with Crippen molar-refractivity contribution in [2.45, 2.75) is 19.4 Å². The fraction of sp³-hybridized carbons (Fsp3) is 0.316. The van der Waals surface area contributed by atoms with E-state index in [2.05, 4.69) is 10.3 Å². The second kappa shape index (κ2) is 6.33. The van der Waals surface area contributed by atoms with Crippen molar-refractivity contribution in [1.82, 2.24) is 19.0 Å². The van der Waals surface area contributed by atoms with Gasteiger partial charge in [-0.1, -0.05) is 18.2 Å². The maximum absolute atomic E-state index is 12.7. The number of para-hydroxylation sites is 1. The van der Waals surface area contributed by atoms with E-state index < -0.39 is 0 Å². The van der Waals surface area contributed by atoms with E-state index in [0.717, 1.165) is 23.2 Å². The molecule has 1 aliphatic rings. The van der Waals surface area contributed by atoms with Crippen LogP contribution in [0.2, 0.25) is 0 Å². The van der Waals surface area contributed by atoms with Crippen molar-refractivity contribution in [1.29, 1.82) is 0 Å². The molecule has 0 bridgehead atoms. The van der Waals surface area contributed by atoms with Crippen molar-refractivity contribution in [3.63, 3.8) is 0 Å². The highest BCUT2D eigenvalue weighted by atomic mass is 16.2. The van der Waals surface area contributed by atoms with Gasteiger partial charge in [-0.15, -0.1) is 0 Å². The number of aromatic nitrogens is 3. The average molecular weight is 351 g/mol. The summed E-state index contributed by atoms with van der Waals surface area (Å²) < 4.78 is 3.33. The first-order chi connectivity index (χ1) is 12.6. The van der Waals surface area contributed by atoms with Gasteiger partial charge in [0.25, 0.3) is 0 Å². The molecule has 1 N–H and O–H groups in total. The molecule has 0 unspecified atom stereocenters. The molecule has 1 aliphatic heterocycles. The molecule has 2 aromatic heterocycles. The minimum Gasteiger partial charge on any atom is -0.322 e. The molecule has 0 radical (unpaired) electrons. The quantitative estimate of drug-likeness (QED) is 0.771. The third-order valence-corrected chi connectivity index (χ3v) is 5.05. The molecule has 7 nitrogen and oxygen atoms in total. The number of benzene rings is 1. The summed E-state index contributed by atoms with van der Waals surface area (Å²) in [5, 5.41) is 2.96. The van der Waals surface area contributed by atoms with Crippen LogP contribution in [0.15, 0.2) is 47.4 Å². The Kier molecular flexibility index (Phi) is 3.99. The summed E-state index contributed by atoms with van der Waals surface area (Å²) in [5.74, 6) is 0. The first kappa shape index (κ1) is 16.4. The predicted molar refractivity (Wildman–Crippen MR) is 100 cm³/mol. The van der Waals surface area contributed by atoms with E-state index in [1.54, 1.807) is 27.3 Å². The van der Waals surface area contributed by atoms with Gasteiger partial charge >= 0.3 is 11.7 Å². The number of rotatable bonds is 2. The van der Waals surface area contributed by atoms with E-state index in [9.17, 15) is 9.59 Å². The molecular formula is C19H21N5O2. The number of urea groups is 1. The number of carbonyl (C=O) groups excluding carboxylic acids is 1. The standard InChI is InChI=1S/C19H21N5O2/c1-13-6-3-4-7-15(13)21-18(25)23-11-9-14(12-23)24-17-16(8-5-10-20-17)22(2)19(24)26/h3-8,10,14H,9,11-12H2,1-2H3,(H,21,25)/t14-/m1/s1. The average Bonchev–Trinajstić information content (AvgIpc) is 3.21. The van der Waals surface area contributed by atoms with Crippen LogP contribution in [0.4, 0.5) is 10.5 Å². The number of pyridine rings is 1. The molecule has 0 aliphatic carbocycles. The molecule has 7 heteroatoms. The van der Waals surface area contributed by atoms with Gasteiger partial charge < -0.3 is 10.2 Å². The largest absolute Gasteiger partial charge is 0.330 e. The van der Waals surface area contributed by atoms with Gasteiger partial charge in [0.1, 0.15) is 0 Å². The normalized spacial score (nSPS) is 17.0. The number of amides is 2. The Balaban J connectivity index is 1.56. The van der Waals surface area contributed by atoms with Crippen molar-refractivity contribution < 1.29 is 4.79 Å². The number of hydrogen-bond donors (Lipinski definition) is 1. The van der Waals surface area contributed by atoms with Gasteiger partial charge in [-0.25, -0.2) is 14.6 Å². The van der Waals surface area contributed by atoms with Crippen LogP contribution in [0, 0.1) is 6.92 Å². The zero-order chi connectivity index (χ0) is 18.3. The van der Waals surface area contributed by atoms with Gasteiger partial charge in [-0.05, 0) is 37.1 Å². The number of nitrogens with zero attached hydrogens (tertiary/aromatic N) is 4. The maximum atomic E-state index is 12.7. The molecule has 134 valence electrons. The second-order valence-electron chi connectivity index (χ2n) is 6.69. The van der Waals surface area contributed by atoms with E-state index in [0.29, 0.717) is 18.7 Å². The lowest BCUT2D eigenvalue weighted by molar-refractivity contribution is 0.221. The number of nitrogens with one attached hydrogen (secondary N) is 1. The minimum absolute atomic E-state index is 0.0660. The van der Waals surface area contributed by atoms with Crippen LogP contribution in [0.5, 0.6) is 0 Å². The Labute approximate surface area is 150 Å². The third kappa shape index (κ3) is 2.65. The Morgan fingerprint density at radius 3 is 2.85 bits per heavy atom. The summed E-state index contributed by atoms with van der Waals surface area (Å²) in [6, 6.07) is 11.2. The van der Waals surface area contributed by atoms with E-state index in [1.807, 2.05) is 43.3 Å². The topological polar surface area (TPSA) is 72.2 Å². The molecule has 26 heavy (non-hydrogen) atoms. The van der Waals surface area contributed by atoms with Gasteiger partial charge in [-0.3, -0.25) is 9.13 Å². The van der Waals surface area contributed by atoms with Gasteiger partial charge in [-0.2, -0.15) is 0 Å². The second-order valence-corrected chi connectivity index (χ2v) is 6.69. The van der Waals surface area contributed by atoms with E-state index in [-0.39, 0.29) is 17.8 Å². The third-order valence-electron chi connectivity index (χ3n) is 5.05. The fourth-order valence-electron chi connectivity index (χ4n) is 3.56. The van der Waals surface area contributed by atoms with Gasteiger partial charge in [0.15, 0.2) is 5.65 Å². The maximum Gasteiger partial charge on any atom is 0.330 e. The molecule has 1 aromatic carbocycles. The molecule has 4 rings (SSSR count). The Bertz CT molecular complexity index is 1040. The van der Waals surface area contributed by atoms with Crippen LogP contribution in [-0.2, 0) is 7.05 Å². The number of likely N-dealkylation sites (tertiary alicyclic amines) is 1. The fourth-order valence-corrected chi connectivity index (χ4v) is 3.56. The highest BCUT2D eigenvalue weighted by Gasteiger charge is 2.30. The summed E-state index contributed by atoms with van der Waals surface area (Å²) in [4.78, 5) is 31.4. The van der Waals surface area contributed by atoms with E-state index in [4.69, 9.17) is 0 Å². The number of anilines is 1. The first-order valence-corrected chi connectivity index (χ1v) is 8.70. The van der Waals surface area contributed by atoms with E-state index >= 15 is 0 Å². The monoisotopic (exact) mass is 351 g/mol. The number of hydrogen-bond acceptors (Lipinski definition) is 3. The highest BCUT2D eigenvalue weighted by molar-refractivity contribution is 5.90. The van der Waals surface area contributed by atoms with Crippen LogP contribution >= 0.6 is 0 Å². The Hall–Kier alpha value is -3.09. The van der Waals surface area contributed by atoms with Crippen LogP contribution in [-0.4, -0.2) is 38.1 Å². The molecule has 1 saturated heterocycles. The minimum atomic E-state index is -0.136. The zero-order valence-corrected chi connectivity index (χ0v) is 14.8. The Morgan fingerprint density at radius 1 is 1.23 bits per heavy atom. The molecule has 3 heterocycles. The van der Waals surface area contributed by atoms with Crippen molar-refractivity contribution in [3.05, 3.63) is 58.6 Å². The van der Waals surface area contributed by atoms with E-state index in [1.165, 1.54) is 0 Å². The number of carbonyl (C=O) groups is 1. The van der Waals surface area contributed by atoms with Crippen molar-refractivity contribution in [3.8, 4) is 0 Å². The lowest BCUT2D eigenvalue weighted by Gasteiger charge is -2.18. The molecule has 0 spiro atoms. The number of imidazole rings is 1. The number of fused-ring (bicyclic) bond motifs is 1. The van der Waals surface area contributed by atoms with Crippen LogP contribution in [0.1, 0.15) is 18.0 Å². The summed E-state index contributed by atoms with van der Waals surface area (Å²) in [5.41, 5.74) is 3.22. The highest BCUT2D eigenvalue weighted by Crippen LogP contribution is 2.25. The lowest BCUT2D eigenvalue weighted by atomic mass is 10.2. The molecule has 0 saturated carbocycles. The summed E-state index contributed by atoms with van der Waals surface area (Å²) in [7, 11) is 1.75. The predicted octanol–water partition coefficient (Wildman–Crippen LogP) is 2.52. The van der Waals surface area contributed by atoms with Crippen LogP contribution in [0.3, 0.4) is 0 Å². The van der Waals surface area contributed by atoms with Gasteiger partial charge in [0.2, 0.25) is 0 Å². The molecule has 2 amide bonds. The van der Waals surface area contributed by atoms with Crippen molar-refractivity contribution in [2.75, 3.05) is 18.4 Å². The Morgan fingerprint density at radius 2 is 2.04 bits per heavy atom. The van der Waals surface area contributed by atoms with Gasteiger partial charge in [0, 0.05) is 32.0 Å². The SMILES string of the molecule is Cc1ccccc1NC(=O)N1CC[C@@H](n2c(=O)n(C)c3cccnc32)C1. The van der Waals surface area contributed by atoms with Crippen molar-refractivity contribution >= 4 is 22.9 Å². The zero-order valence-electron chi connectivity index (χ0n) is 14.8. The summed E-state index contributed by atoms with van der Waals surface area (Å²) >= 11 is 0. The molecule has 1 fully saturated rings. The molecule has 3 aromatic rings. The van der Waals surface area contributed by atoms with Crippen LogP contribution < -0.4 is 11.0 Å². The van der Waals surface area contributed by atoms with Crippen molar-refractivity contribution in [2.24, 2.45) is 7.05 Å². The summed E-state index contributed by atoms with van der Waals surface area (Å²) in [6.45, 7) is 3.06. The lowest BCUT2D eigenvalue weighted by Crippen LogP contribution is -2.34. The smallest absolute Gasteiger partial charge is 0.322 e. The van der Waals surface area contributed by atoms with Gasteiger partial charge in [0.05, 0.1) is 11.6 Å². The molecular weight excluding hydrogens is 330 g/mol. The van der Waals surface area contributed by atoms with Crippen LogP contribution in [0.25, 0.3) is 11.2 Å². The number of aryl methyl sites for hydroxylation is 2. The summed E-state index contributed by atoms with van der Waals surface area (Å²) in [6.07, 6.45) is 2.42. The molecule has 1 atom stereocenters. The first-order valence-electron chi connectivity index (χ1n) is 8.70.